The predicted octanol–water partition coefficient (Wildman–Crippen LogP) is 5.08. The zero-order valence-corrected chi connectivity index (χ0v) is 21.0. The van der Waals surface area contributed by atoms with Gasteiger partial charge in [-0.3, -0.25) is 19.7 Å². The summed E-state index contributed by atoms with van der Waals surface area (Å²) in [7, 11) is 2.12. The molecule has 2 N–H and O–H groups in total. The van der Waals surface area contributed by atoms with Crippen molar-refractivity contribution in [2.45, 2.75) is 44.8 Å². The Bertz CT molecular complexity index is 1360. The largest absolute Gasteiger partial charge is 0.382 e. The van der Waals surface area contributed by atoms with Crippen molar-refractivity contribution >= 4 is 22.5 Å². The van der Waals surface area contributed by atoms with Gasteiger partial charge in [-0.2, -0.15) is 0 Å². The highest BCUT2D eigenvalue weighted by Gasteiger charge is 2.29. The number of pyridine rings is 3. The van der Waals surface area contributed by atoms with Crippen LogP contribution in [0.1, 0.15) is 48.8 Å². The van der Waals surface area contributed by atoms with Crippen molar-refractivity contribution in [1.29, 1.82) is 0 Å². The molecule has 1 aliphatic heterocycles. The monoisotopic (exact) mass is 480 g/mol. The molecule has 0 radical (unpaired) electrons. The first-order valence-corrected chi connectivity index (χ1v) is 12.5. The van der Waals surface area contributed by atoms with Gasteiger partial charge in [0.1, 0.15) is 0 Å². The van der Waals surface area contributed by atoms with E-state index in [0.717, 1.165) is 52.9 Å². The molecule has 5 rings (SSSR count). The molecule has 1 amide bonds. The number of carbonyl (C=O) groups is 1. The molecule has 1 fully saturated rings. The third-order valence-electron chi connectivity index (χ3n) is 6.67. The molecular weight excluding hydrogens is 448 g/mol. The zero-order chi connectivity index (χ0) is 25.1. The summed E-state index contributed by atoms with van der Waals surface area (Å²) in [5.41, 5.74) is 5.40. The summed E-state index contributed by atoms with van der Waals surface area (Å²) >= 11 is 0. The third-order valence-corrected chi connectivity index (χ3v) is 6.67. The summed E-state index contributed by atoms with van der Waals surface area (Å²) in [5, 5.41) is 7.62. The predicted molar refractivity (Wildman–Crippen MR) is 144 cm³/mol. The minimum absolute atomic E-state index is 0.0236. The van der Waals surface area contributed by atoms with Gasteiger partial charge in [0.25, 0.3) is 5.91 Å². The van der Waals surface area contributed by atoms with Crippen LogP contribution in [-0.2, 0) is 0 Å². The van der Waals surface area contributed by atoms with Gasteiger partial charge in [-0.15, -0.1) is 0 Å². The lowest BCUT2D eigenvalue weighted by molar-refractivity contribution is 0.0886. The van der Waals surface area contributed by atoms with Crippen molar-refractivity contribution < 1.29 is 4.79 Å². The average Bonchev–Trinajstić information content (AvgIpc) is 2.89. The number of nitrogens with zero attached hydrogens (tertiary/aromatic N) is 4. The Balaban J connectivity index is 1.37. The number of piperidine rings is 1. The number of fused-ring (bicyclic) bond motifs is 1. The molecule has 1 aromatic carbocycles. The van der Waals surface area contributed by atoms with Crippen molar-refractivity contribution in [2.75, 3.05) is 18.9 Å². The highest BCUT2D eigenvalue weighted by atomic mass is 16.1. The van der Waals surface area contributed by atoms with E-state index in [9.17, 15) is 4.79 Å². The molecule has 4 aromatic rings. The second kappa shape index (κ2) is 10.4. The maximum Gasteiger partial charge on any atom is 0.251 e. The first kappa shape index (κ1) is 23.9. The van der Waals surface area contributed by atoms with Crippen LogP contribution in [-0.4, -0.2) is 51.4 Å². The van der Waals surface area contributed by atoms with Gasteiger partial charge in [-0.1, -0.05) is 18.2 Å². The van der Waals surface area contributed by atoms with E-state index in [1.54, 1.807) is 0 Å². The number of nitrogens with one attached hydrogen (secondary N) is 2. The average molecular weight is 481 g/mol. The van der Waals surface area contributed by atoms with Crippen molar-refractivity contribution in [3.63, 3.8) is 0 Å². The topological polar surface area (TPSA) is 83.0 Å². The Morgan fingerprint density at radius 3 is 2.69 bits per heavy atom. The van der Waals surface area contributed by atoms with E-state index in [-0.39, 0.29) is 18.0 Å². The minimum atomic E-state index is -0.0236. The summed E-state index contributed by atoms with van der Waals surface area (Å²) < 4.78 is 0. The zero-order valence-electron chi connectivity index (χ0n) is 21.0. The summed E-state index contributed by atoms with van der Waals surface area (Å²) in [6.07, 6.45) is 7.29. The van der Waals surface area contributed by atoms with Crippen LogP contribution in [0, 0.1) is 0 Å². The fourth-order valence-corrected chi connectivity index (χ4v) is 4.79. The molecule has 36 heavy (non-hydrogen) atoms. The number of aromatic nitrogens is 3. The van der Waals surface area contributed by atoms with E-state index in [1.165, 1.54) is 0 Å². The number of amides is 1. The standard InChI is InChI=1S/C29H32N6O/c1-19(2)32-24-13-22(16-30-18-24)25-10-9-21-17-31-27(15-26(21)34-25)28-14-23(11-12-35(28)3)33-29(36)20-7-5-4-6-8-20/h4-10,13,15-19,23,28,32H,11-12,14H2,1-3H3,(H,33,36). The number of hydrogen-bond acceptors (Lipinski definition) is 6. The second-order valence-corrected chi connectivity index (χ2v) is 9.82. The van der Waals surface area contributed by atoms with E-state index in [1.807, 2.05) is 55.0 Å². The molecule has 0 saturated carbocycles. The number of carbonyl (C=O) groups excluding carboxylic acids is 1. The van der Waals surface area contributed by atoms with Gasteiger partial charge in [-0.25, -0.2) is 4.98 Å². The van der Waals surface area contributed by atoms with Crippen LogP contribution in [0.3, 0.4) is 0 Å². The van der Waals surface area contributed by atoms with Crippen LogP contribution in [0.25, 0.3) is 22.2 Å². The van der Waals surface area contributed by atoms with Crippen LogP contribution in [0.4, 0.5) is 5.69 Å². The van der Waals surface area contributed by atoms with Gasteiger partial charge < -0.3 is 10.6 Å². The van der Waals surface area contributed by atoms with E-state index >= 15 is 0 Å². The van der Waals surface area contributed by atoms with Crippen LogP contribution >= 0.6 is 0 Å². The highest BCUT2D eigenvalue weighted by molar-refractivity contribution is 5.94. The smallest absolute Gasteiger partial charge is 0.251 e. The Kier molecular flexibility index (Phi) is 6.91. The van der Waals surface area contributed by atoms with Gasteiger partial charge >= 0.3 is 0 Å². The lowest BCUT2D eigenvalue weighted by atomic mass is 9.94. The SMILES string of the molecule is CC(C)Nc1cncc(-c2ccc3cnc(C4CC(NC(=O)c5ccccc5)CCN4C)cc3n2)c1. The van der Waals surface area contributed by atoms with E-state index in [0.29, 0.717) is 11.6 Å². The first-order chi connectivity index (χ1) is 17.5. The molecule has 2 unspecified atom stereocenters. The number of anilines is 1. The molecular formula is C29H32N6O. The maximum atomic E-state index is 12.7. The van der Waals surface area contributed by atoms with Crippen molar-refractivity contribution in [2.24, 2.45) is 0 Å². The summed E-state index contributed by atoms with van der Waals surface area (Å²) in [6, 6.07) is 18.2. The molecule has 0 spiro atoms. The fourth-order valence-electron chi connectivity index (χ4n) is 4.79. The number of rotatable bonds is 6. The normalized spacial score (nSPS) is 18.3. The molecule has 1 aliphatic rings. The summed E-state index contributed by atoms with van der Waals surface area (Å²) in [5.74, 6) is -0.0236. The van der Waals surface area contributed by atoms with E-state index in [2.05, 4.69) is 59.6 Å². The van der Waals surface area contributed by atoms with Crippen LogP contribution < -0.4 is 10.6 Å². The van der Waals surface area contributed by atoms with Crippen molar-refractivity contribution in [1.82, 2.24) is 25.2 Å². The van der Waals surface area contributed by atoms with Crippen LogP contribution in [0.2, 0.25) is 0 Å². The lowest BCUT2D eigenvalue weighted by Gasteiger charge is -2.37. The van der Waals surface area contributed by atoms with Crippen molar-refractivity contribution in [3.05, 3.63) is 84.4 Å². The van der Waals surface area contributed by atoms with Gasteiger partial charge in [0, 0.05) is 53.7 Å². The molecule has 184 valence electrons. The molecule has 2 atom stereocenters. The molecule has 3 aromatic heterocycles. The van der Waals surface area contributed by atoms with Crippen LogP contribution in [0.5, 0.6) is 0 Å². The lowest BCUT2D eigenvalue weighted by Crippen LogP contribution is -2.45. The Labute approximate surface area is 212 Å². The molecule has 4 heterocycles. The Hall–Kier alpha value is -3.84. The Morgan fingerprint density at radius 1 is 1.06 bits per heavy atom. The van der Waals surface area contributed by atoms with Crippen molar-refractivity contribution in [3.8, 4) is 11.3 Å². The Morgan fingerprint density at radius 2 is 1.89 bits per heavy atom. The van der Waals surface area contributed by atoms with Crippen LogP contribution in [0.15, 0.2) is 73.2 Å². The maximum absolute atomic E-state index is 12.7. The quantitative estimate of drug-likeness (QED) is 0.401. The minimum Gasteiger partial charge on any atom is -0.382 e. The van der Waals surface area contributed by atoms with Gasteiger partial charge in [0.05, 0.1) is 28.6 Å². The molecule has 0 aliphatic carbocycles. The number of benzene rings is 1. The van der Waals surface area contributed by atoms with Gasteiger partial charge in [-0.05, 0) is 70.1 Å². The number of likely N-dealkylation sites (tertiary alicyclic amines) is 1. The van der Waals surface area contributed by atoms with Gasteiger partial charge in [0.2, 0.25) is 0 Å². The molecule has 7 nitrogen and oxygen atoms in total. The highest BCUT2D eigenvalue weighted by Crippen LogP contribution is 2.31. The molecule has 7 heteroatoms. The summed E-state index contributed by atoms with van der Waals surface area (Å²) in [6.45, 7) is 5.10. The fraction of sp³-hybridized carbons (Fsp3) is 0.310. The van der Waals surface area contributed by atoms with E-state index in [4.69, 9.17) is 9.97 Å². The third kappa shape index (κ3) is 5.36. The summed E-state index contributed by atoms with van der Waals surface area (Å²) in [4.78, 5) is 29.2. The molecule has 1 saturated heterocycles. The van der Waals surface area contributed by atoms with E-state index < -0.39 is 0 Å². The second-order valence-electron chi connectivity index (χ2n) is 9.82. The first-order valence-electron chi connectivity index (χ1n) is 12.5. The molecule has 0 bridgehead atoms. The van der Waals surface area contributed by atoms with Gasteiger partial charge in [0.15, 0.2) is 0 Å². The number of hydrogen-bond donors (Lipinski definition) is 2.